The van der Waals surface area contributed by atoms with E-state index in [0.29, 0.717) is 23.0 Å². The molecule has 1 aliphatic heterocycles. The van der Waals surface area contributed by atoms with Crippen LogP contribution in [0.1, 0.15) is 12.8 Å². The minimum Gasteiger partial charge on any atom is -0.302 e. The number of halogens is 1. The van der Waals surface area contributed by atoms with Crippen LogP contribution in [0.3, 0.4) is 0 Å². The number of carbonyl (C=O) groups excluding carboxylic acids is 1. The number of carbonyl (C=O) groups is 1. The number of hydrogen-bond acceptors (Lipinski definition) is 7. The molecule has 4 rings (SSSR count). The molecule has 0 aliphatic carbocycles. The van der Waals surface area contributed by atoms with Crippen molar-refractivity contribution >= 4 is 53.8 Å². The van der Waals surface area contributed by atoms with Crippen LogP contribution in [0.15, 0.2) is 63.7 Å². The van der Waals surface area contributed by atoms with E-state index in [1.165, 1.54) is 39.9 Å². The zero-order valence-corrected chi connectivity index (χ0v) is 21.3. The number of piperidine rings is 1. The molecule has 2 aromatic carbocycles. The summed E-state index contributed by atoms with van der Waals surface area (Å²) in [6.45, 7) is 0.235. The lowest BCUT2D eigenvalue weighted by atomic mass is 9.97. The van der Waals surface area contributed by atoms with Crippen LogP contribution in [-0.4, -0.2) is 51.4 Å². The fourth-order valence-corrected chi connectivity index (χ4v) is 7.68. The third kappa shape index (κ3) is 5.33. The molecule has 1 N–H and O–H groups in total. The van der Waals surface area contributed by atoms with Crippen molar-refractivity contribution in [3.05, 3.63) is 58.9 Å². The van der Waals surface area contributed by atoms with Crippen LogP contribution in [0.25, 0.3) is 11.3 Å². The van der Waals surface area contributed by atoms with Crippen molar-refractivity contribution in [2.75, 3.05) is 24.7 Å². The fraction of sp³-hybridized carbons (Fsp3) is 0.273. The highest BCUT2D eigenvalue weighted by Gasteiger charge is 2.34. The molecule has 1 amide bonds. The maximum absolute atomic E-state index is 13.1. The molecule has 34 heavy (non-hydrogen) atoms. The first-order valence-corrected chi connectivity index (χ1v) is 15.0. The number of nitrogens with zero attached hydrogens (tertiary/aromatic N) is 2. The highest BCUT2D eigenvalue weighted by molar-refractivity contribution is 7.93. The summed E-state index contributed by atoms with van der Waals surface area (Å²) in [6.07, 6.45) is 1.62. The molecule has 0 radical (unpaired) electrons. The number of sulfonamides is 1. The summed E-state index contributed by atoms with van der Waals surface area (Å²) in [6, 6.07) is 12.8. The first-order valence-electron chi connectivity index (χ1n) is 10.4. The Hall–Kier alpha value is -2.31. The van der Waals surface area contributed by atoms with Crippen molar-refractivity contribution in [2.45, 2.75) is 22.6 Å². The minimum atomic E-state index is -4.01. The summed E-state index contributed by atoms with van der Waals surface area (Å²) in [5, 5.41) is 5.75. The Morgan fingerprint density at radius 2 is 1.65 bits per heavy atom. The molecule has 0 bridgehead atoms. The van der Waals surface area contributed by atoms with Crippen molar-refractivity contribution in [2.24, 2.45) is 5.92 Å². The third-order valence-corrected chi connectivity index (χ3v) is 9.82. The van der Waals surface area contributed by atoms with Gasteiger partial charge in [-0.2, -0.15) is 4.31 Å². The zero-order chi connectivity index (χ0) is 24.5. The second-order valence-electron chi connectivity index (χ2n) is 7.93. The van der Waals surface area contributed by atoms with E-state index < -0.39 is 19.9 Å². The van der Waals surface area contributed by atoms with Crippen LogP contribution < -0.4 is 5.32 Å². The minimum absolute atomic E-state index is 0.117. The molecule has 1 aliphatic rings. The molecule has 1 aromatic heterocycles. The van der Waals surface area contributed by atoms with Crippen LogP contribution in [0.4, 0.5) is 5.13 Å². The van der Waals surface area contributed by atoms with Gasteiger partial charge in [0.15, 0.2) is 15.0 Å². The average Bonchev–Trinajstić information content (AvgIpc) is 3.27. The monoisotopic (exact) mass is 539 g/mol. The number of aromatic nitrogens is 1. The second-order valence-corrected chi connectivity index (χ2v) is 13.1. The zero-order valence-electron chi connectivity index (χ0n) is 18.1. The first kappa shape index (κ1) is 24.8. The molecular weight excluding hydrogens is 518 g/mol. The number of nitrogens with one attached hydrogen (secondary N) is 1. The number of anilines is 1. The van der Waals surface area contributed by atoms with Crippen LogP contribution in [0.5, 0.6) is 0 Å². The molecular formula is C22H22ClN3O5S3. The van der Waals surface area contributed by atoms with Crippen molar-refractivity contribution in [3.63, 3.8) is 0 Å². The van der Waals surface area contributed by atoms with E-state index in [2.05, 4.69) is 10.3 Å². The first-order chi connectivity index (χ1) is 16.1. The van der Waals surface area contributed by atoms with E-state index in [1.54, 1.807) is 12.1 Å². The molecule has 2 heterocycles. The number of sulfone groups is 1. The van der Waals surface area contributed by atoms with Gasteiger partial charge in [-0.1, -0.05) is 35.9 Å². The molecule has 0 unspecified atom stereocenters. The highest BCUT2D eigenvalue weighted by Crippen LogP contribution is 2.30. The van der Waals surface area contributed by atoms with Gasteiger partial charge >= 0.3 is 0 Å². The van der Waals surface area contributed by atoms with Gasteiger partial charge in [0.2, 0.25) is 15.9 Å². The standard InChI is InChI=1S/C22H22ClN3O5S3/c1-33(28,29)19-4-2-3-5-20(19)34(30,31)26-12-10-16(11-13-26)21(27)25-22-24-18(14-32-22)15-6-8-17(23)9-7-15/h2-9,14,16H,10-13H2,1H3,(H,24,25,27). The Morgan fingerprint density at radius 1 is 1.03 bits per heavy atom. The topological polar surface area (TPSA) is 114 Å². The van der Waals surface area contributed by atoms with E-state index in [9.17, 15) is 21.6 Å². The number of rotatable bonds is 6. The lowest BCUT2D eigenvalue weighted by molar-refractivity contribution is -0.120. The quantitative estimate of drug-likeness (QED) is 0.508. The van der Waals surface area contributed by atoms with Crippen LogP contribution in [-0.2, 0) is 24.7 Å². The predicted octanol–water partition coefficient (Wildman–Crippen LogP) is 3.91. The lowest BCUT2D eigenvalue weighted by Crippen LogP contribution is -2.41. The maximum Gasteiger partial charge on any atom is 0.244 e. The lowest BCUT2D eigenvalue weighted by Gasteiger charge is -2.30. The summed E-state index contributed by atoms with van der Waals surface area (Å²) >= 11 is 7.22. The second kappa shape index (κ2) is 9.74. The average molecular weight is 540 g/mol. The Kier molecular flexibility index (Phi) is 7.11. The smallest absolute Gasteiger partial charge is 0.244 e. The molecule has 1 saturated heterocycles. The van der Waals surface area contributed by atoms with Crippen molar-refractivity contribution < 1.29 is 21.6 Å². The fourth-order valence-electron chi connectivity index (χ4n) is 3.76. The summed E-state index contributed by atoms with van der Waals surface area (Å²) in [5.41, 5.74) is 1.61. The molecule has 0 atom stereocenters. The maximum atomic E-state index is 13.1. The number of thiazole rings is 1. The molecule has 180 valence electrons. The summed E-state index contributed by atoms with van der Waals surface area (Å²) in [4.78, 5) is 16.7. The van der Waals surface area contributed by atoms with Crippen LogP contribution in [0.2, 0.25) is 5.02 Å². The predicted molar refractivity (Wildman–Crippen MR) is 132 cm³/mol. The normalized spacial score (nSPS) is 15.8. The number of benzene rings is 2. The highest BCUT2D eigenvalue weighted by atomic mass is 35.5. The van der Waals surface area contributed by atoms with Gasteiger partial charge in [0.05, 0.1) is 10.6 Å². The van der Waals surface area contributed by atoms with Gasteiger partial charge in [-0.05, 0) is 37.1 Å². The molecule has 0 saturated carbocycles. The Labute approximate surface area is 207 Å². The Balaban J connectivity index is 1.41. The van der Waals surface area contributed by atoms with Gasteiger partial charge in [-0.15, -0.1) is 11.3 Å². The van der Waals surface area contributed by atoms with Gasteiger partial charge in [-0.25, -0.2) is 21.8 Å². The van der Waals surface area contributed by atoms with Crippen LogP contribution >= 0.6 is 22.9 Å². The van der Waals surface area contributed by atoms with Gasteiger partial charge in [0.1, 0.15) is 4.90 Å². The Morgan fingerprint density at radius 3 is 2.26 bits per heavy atom. The summed E-state index contributed by atoms with van der Waals surface area (Å²) in [7, 11) is -7.73. The van der Waals surface area contributed by atoms with E-state index in [0.717, 1.165) is 17.5 Å². The molecule has 1 fully saturated rings. The summed E-state index contributed by atoms with van der Waals surface area (Å²) in [5.74, 6) is -0.593. The van der Waals surface area contributed by atoms with Crippen molar-refractivity contribution in [3.8, 4) is 11.3 Å². The van der Waals surface area contributed by atoms with E-state index in [4.69, 9.17) is 11.6 Å². The van der Waals surface area contributed by atoms with E-state index in [1.807, 2.05) is 17.5 Å². The van der Waals surface area contributed by atoms with Gasteiger partial charge in [0, 0.05) is 41.2 Å². The third-order valence-electron chi connectivity index (χ3n) is 5.57. The van der Waals surface area contributed by atoms with Crippen LogP contribution in [0, 0.1) is 5.92 Å². The Bertz CT molecular complexity index is 1410. The van der Waals surface area contributed by atoms with Gasteiger partial charge in [-0.3, -0.25) is 4.79 Å². The van der Waals surface area contributed by atoms with Gasteiger partial charge in [0.25, 0.3) is 0 Å². The van der Waals surface area contributed by atoms with Crippen molar-refractivity contribution in [1.82, 2.24) is 9.29 Å². The summed E-state index contributed by atoms with van der Waals surface area (Å²) < 4.78 is 51.6. The van der Waals surface area contributed by atoms with E-state index in [-0.39, 0.29) is 34.7 Å². The molecule has 8 nitrogen and oxygen atoms in total. The number of hydrogen-bond donors (Lipinski definition) is 1. The van der Waals surface area contributed by atoms with E-state index >= 15 is 0 Å². The number of amides is 1. The molecule has 3 aromatic rings. The largest absolute Gasteiger partial charge is 0.302 e. The molecule has 0 spiro atoms. The SMILES string of the molecule is CS(=O)(=O)c1ccccc1S(=O)(=O)N1CCC(C(=O)Nc2nc(-c3ccc(Cl)cc3)cs2)CC1. The molecule has 12 heteroatoms. The van der Waals surface area contributed by atoms with Gasteiger partial charge < -0.3 is 5.32 Å². The van der Waals surface area contributed by atoms with Crippen molar-refractivity contribution in [1.29, 1.82) is 0 Å².